The summed E-state index contributed by atoms with van der Waals surface area (Å²) < 4.78 is 5.68. The van der Waals surface area contributed by atoms with Gasteiger partial charge in [0.05, 0.1) is 12.7 Å². The number of hydrogen-bond donors (Lipinski definition) is 0. The fourth-order valence-electron chi connectivity index (χ4n) is 2.60. The molecule has 12 heavy (non-hydrogen) atoms. The van der Waals surface area contributed by atoms with E-state index in [0.29, 0.717) is 6.10 Å². The molecular weight excluding hydrogens is 216 g/mol. The van der Waals surface area contributed by atoms with Crippen molar-refractivity contribution in [2.75, 3.05) is 11.9 Å². The highest BCUT2D eigenvalue weighted by atomic mass is 79.9. The molecule has 0 bridgehead atoms. The van der Waals surface area contributed by atoms with Gasteiger partial charge in [0.25, 0.3) is 0 Å². The molecular formula is C10H17BrO. The molecule has 0 aromatic carbocycles. The Bertz CT molecular complexity index is 143. The van der Waals surface area contributed by atoms with Crippen molar-refractivity contribution < 1.29 is 4.74 Å². The fraction of sp³-hybridized carbons (Fsp3) is 1.00. The van der Waals surface area contributed by atoms with Crippen LogP contribution in [-0.4, -0.2) is 18.0 Å². The summed E-state index contributed by atoms with van der Waals surface area (Å²) in [6, 6.07) is 0. The number of halogens is 1. The maximum absolute atomic E-state index is 5.68. The second-order valence-electron chi connectivity index (χ2n) is 4.15. The van der Waals surface area contributed by atoms with Crippen LogP contribution in [0.15, 0.2) is 0 Å². The molecule has 1 saturated carbocycles. The van der Waals surface area contributed by atoms with E-state index in [4.69, 9.17) is 4.74 Å². The summed E-state index contributed by atoms with van der Waals surface area (Å²) in [4.78, 5) is 0. The minimum Gasteiger partial charge on any atom is -0.377 e. The summed E-state index contributed by atoms with van der Waals surface area (Å²) in [5.41, 5.74) is 0. The van der Waals surface area contributed by atoms with Gasteiger partial charge in [0.2, 0.25) is 0 Å². The summed E-state index contributed by atoms with van der Waals surface area (Å²) in [5.74, 6) is 1.88. The van der Waals surface area contributed by atoms with Gasteiger partial charge in [0.1, 0.15) is 0 Å². The summed E-state index contributed by atoms with van der Waals surface area (Å²) in [7, 11) is 0. The molecule has 1 heterocycles. The van der Waals surface area contributed by atoms with Gasteiger partial charge in [-0.3, -0.25) is 0 Å². The SMILES string of the molecule is BrC[C@H]1C[C@H](C2CCCC2)CO1. The quantitative estimate of drug-likeness (QED) is 0.666. The van der Waals surface area contributed by atoms with Crippen molar-refractivity contribution in [3.05, 3.63) is 0 Å². The molecule has 0 N–H and O–H groups in total. The Morgan fingerprint density at radius 3 is 2.50 bits per heavy atom. The molecule has 0 aromatic heterocycles. The molecule has 0 unspecified atom stereocenters. The minimum atomic E-state index is 0.510. The van der Waals surface area contributed by atoms with Gasteiger partial charge in [-0.25, -0.2) is 0 Å². The van der Waals surface area contributed by atoms with E-state index in [2.05, 4.69) is 15.9 Å². The first kappa shape index (κ1) is 9.01. The Kier molecular flexibility index (Phi) is 3.08. The predicted molar refractivity (Wildman–Crippen MR) is 53.6 cm³/mol. The normalized spacial score (nSPS) is 37.8. The smallest absolute Gasteiger partial charge is 0.0675 e. The molecule has 1 saturated heterocycles. The Labute approximate surface area is 83.0 Å². The van der Waals surface area contributed by atoms with Gasteiger partial charge < -0.3 is 4.74 Å². The lowest BCUT2D eigenvalue weighted by Crippen LogP contribution is -2.11. The first-order valence-corrected chi connectivity index (χ1v) is 6.20. The van der Waals surface area contributed by atoms with Gasteiger partial charge in [-0.15, -0.1) is 0 Å². The molecule has 1 aliphatic heterocycles. The Hall–Kier alpha value is 0.440. The molecule has 0 aromatic rings. The Morgan fingerprint density at radius 1 is 1.17 bits per heavy atom. The molecule has 1 nitrogen and oxygen atoms in total. The number of hydrogen-bond acceptors (Lipinski definition) is 1. The predicted octanol–water partition coefficient (Wildman–Crippen LogP) is 2.98. The Morgan fingerprint density at radius 2 is 1.92 bits per heavy atom. The molecule has 2 aliphatic rings. The van der Waals surface area contributed by atoms with Crippen molar-refractivity contribution in [1.29, 1.82) is 0 Å². The average molecular weight is 233 g/mol. The third-order valence-electron chi connectivity index (χ3n) is 3.35. The van der Waals surface area contributed by atoms with E-state index in [1.165, 1.54) is 32.1 Å². The zero-order chi connectivity index (χ0) is 8.39. The number of ether oxygens (including phenoxy) is 1. The van der Waals surface area contributed by atoms with E-state index < -0.39 is 0 Å². The van der Waals surface area contributed by atoms with Gasteiger partial charge in [0.15, 0.2) is 0 Å². The van der Waals surface area contributed by atoms with E-state index in [9.17, 15) is 0 Å². The van der Waals surface area contributed by atoms with Crippen LogP contribution in [0.4, 0.5) is 0 Å². The topological polar surface area (TPSA) is 9.23 Å². The van der Waals surface area contributed by atoms with Crippen LogP contribution in [0.5, 0.6) is 0 Å². The van der Waals surface area contributed by atoms with E-state index in [0.717, 1.165) is 23.8 Å². The van der Waals surface area contributed by atoms with Gasteiger partial charge in [-0.05, 0) is 18.3 Å². The summed E-state index contributed by atoms with van der Waals surface area (Å²) in [6.07, 6.45) is 7.65. The minimum absolute atomic E-state index is 0.510. The van der Waals surface area contributed by atoms with Crippen LogP contribution >= 0.6 is 15.9 Å². The molecule has 0 radical (unpaired) electrons. The van der Waals surface area contributed by atoms with Gasteiger partial charge in [-0.1, -0.05) is 41.6 Å². The van der Waals surface area contributed by atoms with Crippen LogP contribution in [0.2, 0.25) is 0 Å². The van der Waals surface area contributed by atoms with Crippen LogP contribution in [0.3, 0.4) is 0 Å². The molecule has 2 rings (SSSR count). The maximum Gasteiger partial charge on any atom is 0.0675 e. The summed E-state index contributed by atoms with van der Waals surface area (Å²) >= 11 is 3.49. The zero-order valence-electron chi connectivity index (χ0n) is 7.47. The van der Waals surface area contributed by atoms with Crippen molar-refractivity contribution in [3.8, 4) is 0 Å². The largest absolute Gasteiger partial charge is 0.377 e. The van der Waals surface area contributed by atoms with E-state index >= 15 is 0 Å². The van der Waals surface area contributed by atoms with E-state index in [-0.39, 0.29) is 0 Å². The van der Waals surface area contributed by atoms with Crippen LogP contribution < -0.4 is 0 Å². The lowest BCUT2D eigenvalue weighted by Gasteiger charge is -2.15. The first-order valence-electron chi connectivity index (χ1n) is 5.07. The first-order chi connectivity index (χ1) is 5.90. The lowest BCUT2D eigenvalue weighted by atomic mass is 9.89. The third kappa shape index (κ3) is 1.85. The van der Waals surface area contributed by atoms with E-state index in [1.54, 1.807) is 0 Å². The van der Waals surface area contributed by atoms with Crippen molar-refractivity contribution in [1.82, 2.24) is 0 Å². The van der Waals surface area contributed by atoms with Crippen molar-refractivity contribution >= 4 is 15.9 Å². The van der Waals surface area contributed by atoms with E-state index in [1.807, 2.05) is 0 Å². The Balaban J connectivity index is 1.81. The molecule has 2 atom stereocenters. The molecule has 0 amide bonds. The molecule has 2 fully saturated rings. The molecule has 70 valence electrons. The average Bonchev–Trinajstić information content (AvgIpc) is 2.75. The van der Waals surface area contributed by atoms with Crippen molar-refractivity contribution in [3.63, 3.8) is 0 Å². The highest BCUT2D eigenvalue weighted by Crippen LogP contribution is 2.37. The van der Waals surface area contributed by atoms with Crippen LogP contribution in [0.25, 0.3) is 0 Å². The standard InChI is InChI=1S/C10H17BrO/c11-6-10-5-9(7-12-10)8-3-1-2-4-8/h8-10H,1-7H2/t9-,10+/m0/s1. The summed E-state index contributed by atoms with van der Waals surface area (Å²) in [5, 5.41) is 1.02. The van der Waals surface area contributed by atoms with Gasteiger partial charge >= 0.3 is 0 Å². The second-order valence-corrected chi connectivity index (χ2v) is 4.80. The van der Waals surface area contributed by atoms with Crippen molar-refractivity contribution in [2.24, 2.45) is 11.8 Å². The molecule has 1 aliphatic carbocycles. The van der Waals surface area contributed by atoms with Crippen LogP contribution in [-0.2, 0) is 4.74 Å². The molecule has 0 spiro atoms. The van der Waals surface area contributed by atoms with Crippen LogP contribution in [0, 0.1) is 11.8 Å². The summed E-state index contributed by atoms with van der Waals surface area (Å²) in [6.45, 7) is 1.03. The monoisotopic (exact) mass is 232 g/mol. The fourth-order valence-corrected chi connectivity index (χ4v) is 3.05. The number of alkyl halides is 1. The second kappa shape index (κ2) is 4.10. The van der Waals surface area contributed by atoms with Gasteiger partial charge in [0, 0.05) is 5.33 Å². The molecule has 2 heteroatoms. The highest BCUT2D eigenvalue weighted by molar-refractivity contribution is 9.09. The third-order valence-corrected chi connectivity index (χ3v) is 4.07. The van der Waals surface area contributed by atoms with Gasteiger partial charge in [-0.2, -0.15) is 0 Å². The highest BCUT2D eigenvalue weighted by Gasteiger charge is 2.32. The lowest BCUT2D eigenvalue weighted by molar-refractivity contribution is 0.119. The maximum atomic E-state index is 5.68. The number of rotatable bonds is 2. The van der Waals surface area contributed by atoms with Crippen molar-refractivity contribution in [2.45, 2.75) is 38.2 Å². The zero-order valence-corrected chi connectivity index (χ0v) is 9.05. The van der Waals surface area contributed by atoms with Crippen LogP contribution in [0.1, 0.15) is 32.1 Å².